The predicted octanol–water partition coefficient (Wildman–Crippen LogP) is 4.62. The van der Waals surface area contributed by atoms with Crippen LogP contribution >= 0.6 is 11.8 Å². The molecule has 0 aliphatic rings. The Morgan fingerprint density at radius 2 is 1.63 bits per heavy atom. The second-order valence-corrected chi connectivity index (χ2v) is 8.02. The molecule has 1 unspecified atom stereocenters. The molecule has 5 nitrogen and oxygen atoms in total. The maximum absolute atomic E-state index is 12.7. The molecular formula is C21H24N4OS. The summed E-state index contributed by atoms with van der Waals surface area (Å²) >= 11 is 1.41. The van der Waals surface area contributed by atoms with Crippen molar-refractivity contribution in [1.82, 2.24) is 14.8 Å². The number of nitrogens with zero attached hydrogens (tertiary/aromatic N) is 3. The van der Waals surface area contributed by atoms with E-state index < -0.39 is 0 Å². The van der Waals surface area contributed by atoms with E-state index in [1.807, 2.05) is 62.6 Å². The van der Waals surface area contributed by atoms with Crippen molar-refractivity contribution in [3.05, 3.63) is 65.0 Å². The minimum atomic E-state index is -0.309. The standard InChI is InChI=1S/C21H24N4OS/c1-13-9-11-18(12-10-13)25-17(5)23-24-21(25)27-16(4)20(26)22-19-14(2)7-6-8-15(19)3/h6-12,16H,1-5H3,(H,22,26). The van der Waals surface area contributed by atoms with Crippen LogP contribution < -0.4 is 5.32 Å². The predicted molar refractivity (Wildman–Crippen MR) is 111 cm³/mol. The van der Waals surface area contributed by atoms with Crippen molar-refractivity contribution in [3.63, 3.8) is 0 Å². The number of benzene rings is 2. The lowest BCUT2D eigenvalue weighted by Crippen LogP contribution is -2.23. The lowest BCUT2D eigenvalue weighted by molar-refractivity contribution is -0.115. The Morgan fingerprint density at radius 3 is 2.26 bits per heavy atom. The summed E-state index contributed by atoms with van der Waals surface area (Å²) < 4.78 is 1.98. The fourth-order valence-electron chi connectivity index (χ4n) is 2.86. The van der Waals surface area contributed by atoms with Crippen LogP contribution in [0.2, 0.25) is 0 Å². The lowest BCUT2D eigenvalue weighted by Gasteiger charge is -2.16. The zero-order chi connectivity index (χ0) is 19.6. The molecule has 2 aromatic carbocycles. The minimum Gasteiger partial charge on any atom is -0.325 e. The number of aromatic nitrogens is 3. The van der Waals surface area contributed by atoms with E-state index in [0.717, 1.165) is 28.3 Å². The van der Waals surface area contributed by atoms with Crippen LogP contribution in [0.5, 0.6) is 0 Å². The first kappa shape index (κ1) is 19.2. The highest BCUT2D eigenvalue weighted by atomic mass is 32.2. The van der Waals surface area contributed by atoms with Crippen molar-refractivity contribution in [2.24, 2.45) is 0 Å². The normalized spacial score (nSPS) is 12.0. The zero-order valence-corrected chi connectivity index (χ0v) is 17.1. The number of nitrogens with one attached hydrogen (secondary N) is 1. The Bertz CT molecular complexity index is 943. The second-order valence-electron chi connectivity index (χ2n) is 6.72. The molecule has 0 spiro atoms. The molecule has 6 heteroatoms. The highest BCUT2D eigenvalue weighted by molar-refractivity contribution is 8.00. The number of carbonyl (C=O) groups excluding carboxylic acids is 1. The Morgan fingerprint density at radius 1 is 1.00 bits per heavy atom. The molecule has 0 radical (unpaired) electrons. The molecule has 3 rings (SSSR count). The van der Waals surface area contributed by atoms with Gasteiger partial charge in [-0.3, -0.25) is 9.36 Å². The third-order valence-electron chi connectivity index (χ3n) is 4.47. The van der Waals surface area contributed by atoms with Crippen molar-refractivity contribution in [3.8, 4) is 5.69 Å². The topological polar surface area (TPSA) is 59.8 Å². The molecule has 0 bridgehead atoms. The van der Waals surface area contributed by atoms with Crippen molar-refractivity contribution < 1.29 is 4.79 Å². The highest BCUT2D eigenvalue weighted by Crippen LogP contribution is 2.27. The first-order chi connectivity index (χ1) is 12.9. The SMILES string of the molecule is Cc1ccc(-n2c(C)nnc2SC(C)C(=O)Nc2c(C)cccc2C)cc1. The fourth-order valence-corrected chi connectivity index (χ4v) is 3.77. The van der Waals surface area contributed by atoms with Gasteiger partial charge in [0.2, 0.25) is 5.91 Å². The average molecular weight is 381 g/mol. The summed E-state index contributed by atoms with van der Waals surface area (Å²) in [5, 5.41) is 11.9. The van der Waals surface area contributed by atoms with Crippen LogP contribution in [0.3, 0.4) is 0 Å². The van der Waals surface area contributed by atoms with Crippen LogP contribution in [-0.2, 0) is 4.79 Å². The smallest absolute Gasteiger partial charge is 0.237 e. The highest BCUT2D eigenvalue weighted by Gasteiger charge is 2.21. The maximum atomic E-state index is 12.7. The first-order valence-electron chi connectivity index (χ1n) is 8.89. The van der Waals surface area contributed by atoms with Crippen LogP contribution in [0.25, 0.3) is 5.69 Å². The number of para-hydroxylation sites is 1. The summed E-state index contributed by atoms with van der Waals surface area (Å²) in [5.74, 6) is 0.747. The molecule has 1 N–H and O–H groups in total. The quantitative estimate of drug-likeness (QED) is 0.656. The zero-order valence-electron chi connectivity index (χ0n) is 16.3. The number of hydrogen-bond acceptors (Lipinski definition) is 4. The van der Waals surface area contributed by atoms with E-state index in [1.165, 1.54) is 17.3 Å². The third kappa shape index (κ3) is 4.22. The van der Waals surface area contributed by atoms with Crippen LogP contribution in [0, 0.1) is 27.7 Å². The van der Waals surface area contributed by atoms with Crippen molar-refractivity contribution in [1.29, 1.82) is 0 Å². The van der Waals surface area contributed by atoms with E-state index in [-0.39, 0.29) is 11.2 Å². The Balaban J connectivity index is 1.79. The molecule has 0 aliphatic carbocycles. The van der Waals surface area contributed by atoms with Gasteiger partial charge in [-0.05, 0) is 57.9 Å². The van der Waals surface area contributed by atoms with Gasteiger partial charge in [0.15, 0.2) is 5.16 Å². The molecule has 1 aromatic heterocycles. The van der Waals surface area contributed by atoms with Gasteiger partial charge in [-0.1, -0.05) is 47.7 Å². The van der Waals surface area contributed by atoms with Crippen LogP contribution in [0.4, 0.5) is 5.69 Å². The molecule has 0 aliphatic heterocycles. The number of rotatable bonds is 5. The number of thioether (sulfide) groups is 1. The monoisotopic (exact) mass is 380 g/mol. The fraction of sp³-hybridized carbons (Fsp3) is 0.286. The van der Waals surface area contributed by atoms with E-state index in [9.17, 15) is 4.79 Å². The number of aryl methyl sites for hydroxylation is 4. The van der Waals surface area contributed by atoms with Gasteiger partial charge in [-0.2, -0.15) is 0 Å². The van der Waals surface area contributed by atoms with E-state index in [1.54, 1.807) is 0 Å². The number of anilines is 1. The number of hydrogen-bond donors (Lipinski definition) is 1. The van der Waals surface area contributed by atoms with Gasteiger partial charge in [-0.15, -0.1) is 10.2 Å². The summed E-state index contributed by atoms with van der Waals surface area (Å²) in [4.78, 5) is 12.7. The molecule has 1 heterocycles. The third-order valence-corrected chi connectivity index (χ3v) is 5.51. The maximum Gasteiger partial charge on any atom is 0.237 e. The molecule has 0 saturated heterocycles. The first-order valence-corrected chi connectivity index (χ1v) is 9.77. The van der Waals surface area contributed by atoms with E-state index in [0.29, 0.717) is 5.16 Å². The Kier molecular flexibility index (Phi) is 5.65. The van der Waals surface area contributed by atoms with Crippen LogP contribution in [-0.4, -0.2) is 25.9 Å². The Hall–Kier alpha value is -2.60. The summed E-state index contributed by atoms with van der Waals surface area (Å²) in [6.07, 6.45) is 0. The molecule has 1 atom stereocenters. The number of carbonyl (C=O) groups is 1. The van der Waals surface area contributed by atoms with E-state index in [4.69, 9.17) is 0 Å². The number of amides is 1. The van der Waals surface area contributed by atoms with Gasteiger partial charge < -0.3 is 5.32 Å². The molecule has 0 fully saturated rings. The van der Waals surface area contributed by atoms with Crippen LogP contribution in [0.1, 0.15) is 29.4 Å². The van der Waals surface area contributed by atoms with Crippen molar-refractivity contribution in [2.75, 3.05) is 5.32 Å². The summed E-state index contributed by atoms with van der Waals surface area (Å²) in [6.45, 7) is 9.85. The Labute approximate surface area is 164 Å². The van der Waals surface area contributed by atoms with Gasteiger partial charge in [-0.25, -0.2) is 0 Å². The van der Waals surface area contributed by atoms with Gasteiger partial charge in [0.05, 0.1) is 5.25 Å². The van der Waals surface area contributed by atoms with Crippen molar-refractivity contribution >= 4 is 23.4 Å². The van der Waals surface area contributed by atoms with Gasteiger partial charge in [0.25, 0.3) is 0 Å². The van der Waals surface area contributed by atoms with E-state index in [2.05, 4.69) is 34.6 Å². The van der Waals surface area contributed by atoms with E-state index >= 15 is 0 Å². The molecule has 3 aromatic rings. The van der Waals surface area contributed by atoms with Gasteiger partial charge in [0.1, 0.15) is 5.82 Å². The van der Waals surface area contributed by atoms with Crippen molar-refractivity contribution in [2.45, 2.75) is 45.0 Å². The summed E-state index contributed by atoms with van der Waals surface area (Å²) in [6, 6.07) is 14.2. The average Bonchev–Trinajstić information content (AvgIpc) is 2.99. The molecule has 27 heavy (non-hydrogen) atoms. The summed E-state index contributed by atoms with van der Waals surface area (Å²) in [5.41, 5.74) is 5.18. The molecule has 0 saturated carbocycles. The lowest BCUT2D eigenvalue weighted by atomic mass is 10.1. The minimum absolute atomic E-state index is 0.0477. The molecule has 140 valence electrons. The molecule has 1 amide bonds. The molecular weight excluding hydrogens is 356 g/mol. The van der Waals surface area contributed by atoms with Gasteiger partial charge >= 0.3 is 0 Å². The summed E-state index contributed by atoms with van der Waals surface area (Å²) in [7, 11) is 0. The van der Waals surface area contributed by atoms with Gasteiger partial charge in [0, 0.05) is 11.4 Å². The van der Waals surface area contributed by atoms with Crippen LogP contribution in [0.15, 0.2) is 47.6 Å². The second kappa shape index (κ2) is 7.96. The largest absolute Gasteiger partial charge is 0.325 e.